The molecule has 0 radical (unpaired) electrons. The minimum absolute atomic E-state index is 0. The van der Waals surface area contributed by atoms with Crippen molar-refractivity contribution in [3.8, 4) is 0 Å². The molecule has 0 spiro atoms. The highest BCUT2D eigenvalue weighted by molar-refractivity contribution is 14.0. The Morgan fingerprint density at radius 2 is 1.89 bits per heavy atom. The van der Waals surface area contributed by atoms with Crippen molar-refractivity contribution in [2.45, 2.75) is 58.8 Å². The predicted molar refractivity (Wildman–Crippen MR) is 117 cm³/mol. The van der Waals surface area contributed by atoms with Gasteiger partial charge in [-0.2, -0.15) is 13.2 Å². The van der Waals surface area contributed by atoms with Crippen LogP contribution in [-0.4, -0.2) is 80.3 Å². The molecule has 0 aromatic heterocycles. The number of nitrogens with one attached hydrogen (secondary N) is 2. The van der Waals surface area contributed by atoms with Gasteiger partial charge >= 0.3 is 6.18 Å². The maximum Gasteiger partial charge on any atom is 0.401 e. The summed E-state index contributed by atoms with van der Waals surface area (Å²) in [7, 11) is 1.70. The number of guanidine groups is 1. The summed E-state index contributed by atoms with van der Waals surface area (Å²) in [4.78, 5) is 8.13. The van der Waals surface area contributed by atoms with E-state index >= 15 is 0 Å². The first-order valence-electron chi connectivity index (χ1n) is 9.68. The Bertz CT molecular complexity index is 428. The molecule has 0 bridgehead atoms. The van der Waals surface area contributed by atoms with E-state index in [0.717, 1.165) is 26.1 Å². The lowest BCUT2D eigenvalue weighted by atomic mass is 10.0. The van der Waals surface area contributed by atoms with Crippen LogP contribution in [0.3, 0.4) is 0 Å². The second-order valence-electron chi connectivity index (χ2n) is 7.44. The van der Waals surface area contributed by atoms with Gasteiger partial charge in [-0.15, -0.1) is 24.0 Å². The van der Waals surface area contributed by atoms with E-state index in [2.05, 4.69) is 48.2 Å². The Kier molecular flexibility index (Phi) is 12.9. The predicted octanol–water partition coefficient (Wildman–Crippen LogP) is 3.16. The van der Waals surface area contributed by atoms with Crippen LogP contribution < -0.4 is 10.6 Å². The number of hydrogen-bond acceptors (Lipinski definition) is 3. The lowest BCUT2D eigenvalue weighted by molar-refractivity contribution is -0.143. The molecule has 2 N–H and O–H groups in total. The molecule has 1 fully saturated rings. The lowest BCUT2D eigenvalue weighted by Gasteiger charge is -2.32. The van der Waals surface area contributed by atoms with Crippen molar-refractivity contribution in [2.75, 3.05) is 46.3 Å². The van der Waals surface area contributed by atoms with Gasteiger partial charge in [-0.05, 0) is 31.8 Å². The minimum atomic E-state index is -4.14. The van der Waals surface area contributed by atoms with Gasteiger partial charge in [-0.3, -0.25) is 14.8 Å². The van der Waals surface area contributed by atoms with E-state index in [9.17, 15) is 13.2 Å². The highest BCUT2D eigenvalue weighted by Crippen LogP contribution is 2.20. The standard InChI is InChI=1S/C18H36F3N5.HI/c1-6-26(7-2)16(10-14(3)4)11-23-17(22-5)24-15-8-9-25(12-15)13-18(19,20)21;/h14-16H,6-13H2,1-5H3,(H2,22,23,24);1H. The molecule has 27 heavy (non-hydrogen) atoms. The zero-order valence-corrected chi connectivity index (χ0v) is 19.6. The Morgan fingerprint density at radius 1 is 1.26 bits per heavy atom. The average Bonchev–Trinajstić information content (AvgIpc) is 2.96. The van der Waals surface area contributed by atoms with Gasteiger partial charge < -0.3 is 10.6 Å². The van der Waals surface area contributed by atoms with Gasteiger partial charge in [0.2, 0.25) is 0 Å². The molecule has 0 amide bonds. The molecule has 1 saturated heterocycles. The zero-order valence-electron chi connectivity index (χ0n) is 17.3. The molecule has 0 aromatic carbocycles. The largest absolute Gasteiger partial charge is 0.401 e. The Morgan fingerprint density at radius 3 is 2.37 bits per heavy atom. The molecule has 0 aromatic rings. The van der Waals surface area contributed by atoms with E-state index < -0.39 is 12.7 Å². The van der Waals surface area contributed by atoms with Crippen LogP contribution in [0.2, 0.25) is 0 Å². The first-order valence-corrected chi connectivity index (χ1v) is 9.68. The summed E-state index contributed by atoms with van der Waals surface area (Å²) < 4.78 is 37.6. The maximum atomic E-state index is 12.5. The first-order chi connectivity index (χ1) is 12.2. The number of likely N-dealkylation sites (N-methyl/N-ethyl adjacent to an activating group) is 1. The minimum Gasteiger partial charge on any atom is -0.355 e. The maximum absolute atomic E-state index is 12.5. The fraction of sp³-hybridized carbons (Fsp3) is 0.944. The van der Waals surface area contributed by atoms with Crippen molar-refractivity contribution in [2.24, 2.45) is 10.9 Å². The molecule has 2 unspecified atom stereocenters. The number of hydrogen-bond donors (Lipinski definition) is 2. The highest BCUT2D eigenvalue weighted by atomic mass is 127. The molecule has 9 heteroatoms. The molecule has 2 atom stereocenters. The summed E-state index contributed by atoms with van der Waals surface area (Å²) in [5.74, 6) is 1.27. The van der Waals surface area contributed by atoms with E-state index in [1.54, 1.807) is 7.05 Å². The second-order valence-corrected chi connectivity index (χ2v) is 7.44. The molecule has 1 heterocycles. The van der Waals surface area contributed by atoms with Crippen LogP contribution in [-0.2, 0) is 0 Å². The Balaban J connectivity index is 0.00000676. The van der Waals surface area contributed by atoms with Crippen molar-refractivity contribution in [3.05, 3.63) is 0 Å². The molecule has 0 saturated carbocycles. The first kappa shape index (κ1) is 26.7. The third-order valence-corrected chi connectivity index (χ3v) is 4.82. The highest BCUT2D eigenvalue weighted by Gasteiger charge is 2.34. The summed E-state index contributed by atoms with van der Waals surface area (Å²) in [6.07, 6.45) is -2.35. The monoisotopic (exact) mass is 507 g/mol. The van der Waals surface area contributed by atoms with Crippen LogP contribution in [0.5, 0.6) is 0 Å². The van der Waals surface area contributed by atoms with Gasteiger partial charge in [-0.1, -0.05) is 27.7 Å². The molecular weight excluding hydrogens is 470 g/mol. The van der Waals surface area contributed by atoms with Crippen LogP contribution >= 0.6 is 24.0 Å². The summed E-state index contributed by atoms with van der Waals surface area (Å²) in [6.45, 7) is 11.6. The van der Waals surface area contributed by atoms with Crippen molar-refractivity contribution >= 4 is 29.9 Å². The summed E-state index contributed by atoms with van der Waals surface area (Å²) in [5, 5.41) is 6.65. The van der Waals surface area contributed by atoms with Crippen molar-refractivity contribution in [3.63, 3.8) is 0 Å². The van der Waals surface area contributed by atoms with Gasteiger partial charge in [0.15, 0.2) is 5.96 Å². The van der Waals surface area contributed by atoms with Gasteiger partial charge in [0.25, 0.3) is 0 Å². The average molecular weight is 507 g/mol. The molecule has 0 aliphatic carbocycles. The fourth-order valence-electron chi connectivity index (χ4n) is 3.60. The number of nitrogens with zero attached hydrogens (tertiary/aromatic N) is 3. The van der Waals surface area contributed by atoms with E-state index in [0.29, 0.717) is 37.4 Å². The summed E-state index contributed by atoms with van der Waals surface area (Å²) >= 11 is 0. The van der Waals surface area contributed by atoms with Crippen LogP contribution in [0.1, 0.15) is 40.5 Å². The Labute approximate surface area is 179 Å². The fourth-order valence-corrected chi connectivity index (χ4v) is 3.60. The molecule has 5 nitrogen and oxygen atoms in total. The van der Waals surface area contributed by atoms with E-state index in [1.807, 2.05) is 0 Å². The van der Waals surface area contributed by atoms with E-state index in [1.165, 1.54) is 4.90 Å². The van der Waals surface area contributed by atoms with Crippen molar-refractivity contribution in [1.29, 1.82) is 0 Å². The van der Waals surface area contributed by atoms with Crippen LogP contribution in [0.4, 0.5) is 13.2 Å². The van der Waals surface area contributed by atoms with Gasteiger partial charge in [0.1, 0.15) is 0 Å². The number of halogens is 4. The van der Waals surface area contributed by atoms with E-state index in [4.69, 9.17) is 0 Å². The second kappa shape index (κ2) is 13.0. The van der Waals surface area contributed by atoms with Crippen molar-refractivity contribution in [1.82, 2.24) is 20.4 Å². The van der Waals surface area contributed by atoms with E-state index in [-0.39, 0.29) is 30.0 Å². The number of aliphatic imine (C=N–C) groups is 1. The molecule has 162 valence electrons. The number of rotatable bonds is 9. The molecule has 1 aliphatic rings. The normalized spacial score (nSPS) is 20.1. The van der Waals surface area contributed by atoms with Crippen LogP contribution in [0.15, 0.2) is 4.99 Å². The molecule has 1 rings (SSSR count). The zero-order chi connectivity index (χ0) is 19.7. The lowest BCUT2D eigenvalue weighted by Crippen LogP contribution is -2.50. The number of alkyl halides is 3. The topological polar surface area (TPSA) is 42.9 Å². The smallest absolute Gasteiger partial charge is 0.355 e. The van der Waals surface area contributed by atoms with Crippen molar-refractivity contribution < 1.29 is 13.2 Å². The summed E-state index contributed by atoms with van der Waals surface area (Å²) in [6, 6.07) is 0.411. The third kappa shape index (κ3) is 10.7. The molecule has 1 aliphatic heterocycles. The molecular formula is C18H37F3IN5. The number of likely N-dealkylation sites (tertiary alicyclic amines) is 1. The third-order valence-electron chi connectivity index (χ3n) is 4.82. The van der Waals surface area contributed by atoms with Gasteiger partial charge in [0.05, 0.1) is 6.54 Å². The SMILES string of the molecule is CCN(CC)C(CNC(=NC)NC1CCN(CC(F)(F)F)C1)CC(C)C.I. The quantitative estimate of drug-likeness (QED) is 0.286. The Hall–Kier alpha value is -0.290. The van der Waals surface area contributed by atoms with Crippen LogP contribution in [0, 0.1) is 5.92 Å². The van der Waals surface area contributed by atoms with Crippen LogP contribution in [0.25, 0.3) is 0 Å². The van der Waals surface area contributed by atoms with Gasteiger partial charge in [-0.25, -0.2) is 0 Å². The summed E-state index contributed by atoms with van der Waals surface area (Å²) in [5.41, 5.74) is 0. The van der Waals surface area contributed by atoms with Gasteiger partial charge in [0, 0.05) is 38.8 Å².